The number of hydrogen-bond donors (Lipinski definition) is 2. The van der Waals surface area contributed by atoms with Gasteiger partial charge < -0.3 is 16.0 Å². The summed E-state index contributed by atoms with van der Waals surface area (Å²) in [5.74, 6) is 0.0805. The highest BCUT2D eigenvalue weighted by atomic mass is 16.1. The van der Waals surface area contributed by atoms with E-state index in [4.69, 9.17) is 5.73 Å². The average Bonchev–Trinajstić information content (AvgIpc) is 2.90. The average molecular weight is 276 g/mol. The summed E-state index contributed by atoms with van der Waals surface area (Å²) in [6, 6.07) is 4.27. The summed E-state index contributed by atoms with van der Waals surface area (Å²) >= 11 is 0. The normalized spacial score (nSPS) is 18.4. The monoisotopic (exact) mass is 276 g/mol. The Bertz CT molecular complexity index is 455. The maximum Gasteiger partial charge on any atom is 0.267 e. The van der Waals surface area contributed by atoms with Gasteiger partial charge in [0.2, 0.25) is 0 Å². The first-order valence-corrected chi connectivity index (χ1v) is 7.30. The van der Waals surface area contributed by atoms with Crippen LogP contribution in [-0.2, 0) is 0 Å². The van der Waals surface area contributed by atoms with E-state index in [1.807, 2.05) is 6.07 Å². The van der Waals surface area contributed by atoms with Gasteiger partial charge in [-0.15, -0.1) is 0 Å². The van der Waals surface area contributed by atoms with Crippen molar-refractivity contribution in [3.8, 4) is 0 Å². The summed E-state index contributed by atoms with van der Waals surface area (Å²) in [5.41, 5.74) is 6.67. The maximum atomic E-state index is 11.3. The topological polar surface area (TPSA) is 71.2 Å². The predicted molar refractivity (Wildman–Crippen MR) is 80.8 cm³/mol. The molecule has 0 aliphatic carbocycles. The lowest BCUT2D eigenvalue weighted by Crippen LogP contribution is -2.39. The van der Waals surface area contributed by atoms with Gasteiger partial charge in [-0.2, -0.15) is 0 Å². The molecule has 5 heteroatoms. The van der Waals surface area contributed by atoms with Crippen LogP contribution in [0.3, 0.4) is 0 Å². The molecule has 20 heavy (non-hydrogen) atoms. The minimum Gasteiger partial charge on any atom is -0.370 e. The molecule has 2 heterocycles. The summed E-state index contributed by atoms with van der Waals surface area (Å²) in [4.78, 5) is 17.6. The van der Waals surface area contributed by atoms with E-state index in [0.717, 1.165) is 25.3 Å². The van der Waals surface area contributed by atoms with E-state index in [1.54, 1.807) is 12.3 Å². The Morgan fingerprint density at radius 2 is 2.40 bits per heavy atom. The first kappa shape index (κ1) is 14.8. The predicted octanol–water partition coefficient (Wildman–Crippen LogP) is 1.39. The molecule has 1 aliphatic heterocycles. The number of nitrogens with zero attached hydrogens (tertiary/aromatic N) is 2. The van der Waals surface area contributed by atoms with Gasteiger partial charge in [-0.25, -0.2) is 0 Å². The highest BCUT2D eigenvalue weighted by molar-refractivity contribution is 5.91. The fourth-order valence-electron chi connectivity index (χ4n) is 2.66. The van der Waals surface area contributed by atoms with Gasteiger partial charge in [0.1, 0.15) is 5.69 Å². The molecule has 1 aromatic rings. The Balaban J connectivity index is 2.15. The van der Waals surface area contributed by atoms with Crippen LogP contribution in [0.15, 0.2) is 18.3 Å². The van der Waals surface area contributed by atoms with Gasteiger partial charge >= 0.3 is 0 Å². The second-order valence-electron chi connectivity index (χ2n) is 5.86. The summed E-state index contributed by atoms with van der Waals surface area (Å²) in [7, 11) is 0. The number of aromatic nitrogens is 1. The van der Waals surface area contributed by atoms with Gasteiger partial charge in [-0.3, -0.25) is 9.78 Å². The van der Waals surface area contributed by atoms with Gasteiger partial charge in [-0.05, 0) is 37.4 Å². The number of carbonyl (C=O) groups is 1. The van der Waals surface area contributed by atoms with E-state index in [0.29, 0.717) is 17.7 Å². The van der Waals surface area contributed by atoms with Crippen molar-refractivity contribution in [1.29, 1.82) is 0 Å². The zero-order chi connectivity index (χ0) is 14.5. The van der Waals surface area contributed by atoms with Gasteiger partial charge in [-0.1, -0.05) is 13.8 Å². The molecule has 1 saturated heterocycles. The molecule has 5 nitrogen and oxygen atoms in total. The van der Waals surface area contributed by atoms with E-state index in [2.05, 4.69) is 29.0 Å². The molecule has 2 rings (SSSR count). The Morgan fingerprint density at radius 1 is 1.60 bits per heavy atom. The van der Waals surface area contributed by atoms with E-state index >= 15 is 0 Å². The summed E-state index contributed by atoms with van der Waals surface area (Å²) in [5, 5.41) is 3.52. The van der Waals surface area contributed by atoms with Crippen LogP contribution in [0.4, 0.5) is 5.69 Å². The fraction of sp³-hybridized carbons (Fsp3) is 0.600. The number of amides is 1. The van der Waals surface area contributed by atoms with Crippen molar-refractivity contribution < 1.29 is 4.79 Å². The summed E-state index contributed by atoms with van der Waals surface area (Å²) in [6.07, 6.45) is 4.11. The number of pyridine rings is 1. The molecule has 1 fully saturated rings. The van der Waals surface area contributed by atoms with Crippen LogP contribution in [0.2, 0.25) is 0 Å². The minimum absolute atomic E-state index is 0.329. The highest BCUT2D eigenvalue weighted by Crippen LogP contribution is 2.18. The van der Waals surface area contributed by atoms with Crippen molar-refractivity contribution in [1.82, 2.24) is 10.3 Å². The number of hydrogen-bond acceptors (Lipinski definition) is 4. The number of primary amides is 1. The Labute approximate surface area is 120 Å². The van der Waals surface area contributed by atoms with Gasteiger partial charge in [0, 0.05) is 31.0 Å². The molecule has 1 aromatic heterocycles. The van der Waals surface area contributed by atoms with Crippen LogP contribution in [0.25, 0.3) is 0 Å². The van der Waals surface area contributed by atoms with Gasteiger partial charge in [0.25, 0.3) is 5.91 Å². The van der Waals surface area contributed by atoms with Gasteiger partial charge in [0.15, 0.2) is 0 Å². The smallest absolute Gasteiger partial charge is 0.267 e. The highest BCUT2D eigenvalue weighted by Gasteiger charge is 2.19. The van der Waals surface area contributed by atoms with Crippen LogP contribution < -0.4 is 16.0 Å². The standard InChI is InChI=1S/C15H24N4O/c1-11(2)9-19(10-12-4-3-6-17-12)13-5-7-18-14(8-13)15(16)20/h5,7-8,11-12,17H,3-4,6,9-10H2,1-2H3,(H2,16,20). The van der Waals surface area contributed by atoms with Crippen LogP contribution in [0.5, 0.6) is 0 Å². The SMILES string of the molecule is CC(C)CN(CC1CCCN1)c1ccnc(C(N)=O)c1. The molecule has 0 aromatic carbocycles. The second-order valence-corrected chi connectivity index (χ2v) is 5.86. The number of rotatable bonds is 6. The molecule has 1 unspecified atom stereocenters. The van der Waals surface area contributed by atoms with Crippen LogP contribution >= 0.6 is 0 Å². The third kappa shape index (κ3) is 3.93. The lowest BCUT2D eigenvalue weighted by Gasteiger charge is -2.29. The zero-order valence-corrected chi connectivity index (χ0v) is 12.3. The Kier molecular flexibility index (Phi) is 4.95. The number of nitrogens with two attached hydrogens (primary N) is 1. The van der Waals surface area contributed by atoms with Crippen molar-refractivity contribution in [2.45, 2.75) is 32.7 Å². The molecule has 1 aliphatic rings. The van der Waals surface area contributed by atoms with Crippen LogP contribution in [-0.4, -0.2) is 36.6 Å². The third-order valence-corrected chi connectivity index (χ3v) is 3.55. The Hall–Kier alpha value is -1.62. The van der Waals surface area contributed by atoms with Crippen molar-refractivity contribution in [2.75, 3.05) is 24.5 Å². The van der Waals surface area contributed by atoms with E-state index < -0.39 is 5.91 Å². The van der Waals surface area contributed by atoms with Crippen molar-refractivity contribution in [3.05, 3.63) is 24.0 Å². The third-order valence-electron chi connectivity index (χ3n) is 3.55. The van der Waals surface area contributed by atoms with E-state index in [9.17, 15) is 4.79 Å². The minimum atomic E-state index is -0.477. The largest absolute Gasteiger partial charge is 0.370 e. The van der Waals surface area contributed by atoms with Crippen LogP contribution in [0, 0.1) is 5.92 Å². The molecule has 3 N–H and O–H groups in total. The van der Waals surface area contributed by atoms with Crippen molar-refractivity contribution in [2.24, 2.45) is 11.7 Å². The molecule has 0 saturated carbocycles. The molecule has 1 amide bonds. The molecular formula is C15H24N4O. The summed E-state index contributed by atoms with van der Waals surface area (Å²) < 4.78 is 0. The number of carbonyl (C=O) groups excluding carboxylic acids is 1. The molecular weight excluding hydrogens is 252 g/mol. The quantitative estimate of drug-likeness (QED) is 0.824. The van der Waals surface area contributed by atoms with Gasteiger partial charge in [0.05, 0.1) is 0 Å². The van der Waals surface area contributed by atoms with Crippen LogP contribution in [0.1, 0.15) is 37.2 Å². The van der Waals surface area contributed by atoms with Crippen molar-refractivity contribution in [3.63, 3.8) is 0 Å². The summed E-state index contributed by atoms with van der Waals surface area (Å²) in [6.45, 7) is 7.42. The fourth-order valence-corrected chi connectivity index (χ4v) is 2.66. The molecule has 0 spiro atoms. The lowest BCUT2D eigenvalue weighted by atomic mass is 10.1. The molecule has 0 radical (unpaired) electrons. The first-order valence-electron chi connectivity index (χ1n) is 7.30. The second kappa shape index (κ2) is 6.70. The zero-order valence-electron chi connectivity index (χ0n) is 12.3. The molecule has 110 valence electrons. The first-order chi connectivity index (χ1) is 9.56. The van der Waals surface area contributed by atoms with E-state index in [1.165, 1.54) is 12.8 Å². The molecule has 0 bridgehead atoms. The Morgan fingerprint density at radius 3 is 3.00 bits per heavy atom. The molecule has 1 atom stereocenters. The number of anilines is 1. The lowest BCUT2D eigenvalue weighted by molar-refractivity contribution is 0.0995. The number of nitrogens with one attached hydrogen (secondary N) is 1. The van der Waals surface area contributed by atoms with E-state index in [-0.39, 0.29) is 0 Å². The maximum absolute atomic E-state index is 11.3. The van der Waals surface area contributed by atoms with Crippen molar-refractivity contribution >= 4 is 11.6 Å².